The quantitative estimate of drug-likeness (QED) is 0.383. The maximum absolute atomic E-state index is 11.7. The van der Waals surface area contributed by atoms with Crippen LogP contribution in [0.25, 0.3) is 0 Å². The summed E-state index contributed by atoms with van der Waals surface area (Å²) in [4.78, 5) is 18.7. The molecule has 0 heterocycles. The van der Waals surface area contributed by atoms with Crippen molar-refractivity contribution >= 4 is 58.2 Å². The third-order valence-electron chi connectivity index (χ3n) is 1.22. The van der Waals surface area contributed by atoms with Crippen LogP contribution in [0, 0.1) is 0 Å². The summed E-state index contributed by atoms with van der Waals surface area (Å²) in [6.45, 7) is 0. The molecule has 0 fully saturated rings. The summed E-state index contributed by atoms with van der Waals surface area (Å²) in [5, 5.41) is 9.09. The Morgan fingerprint density at radius 2 is 0.810 bits per heavy atom. The summed E-state index contributed by atoms with van der Waals surface area (Å²) in [6, 6.07) is 0. The maximum Gasteiger partial charge on any atom is 2.00 e. The van der Waals surface area contributed by atoms with Gasteiger partial charge in [0.15, 0.2) is 0 Å². The fourth-order valence-corrected chi connectivity index (χ4v) is 0.231. The topological polar surface area (TPSA) is 80.3 Å². The molecule has 0 bridgehead atoms. The van der Waals surface area contributed by atoms with Gasteiger partial charge in [-0.3, -0.25) is 0 Å². The molecular weight excluding hydrogens is 383 g/mol. The number of hydrogen-bond acceptors (Lipinski definition) is 4. The fourth-order valence-electron chi connectivity index (χ4n) is 0.231. The van der Waals surface area contributed by atoms with E-state index in [1.165, 1.54) is 0 Å². The summed E-state index contributed by atoms with van der Waals surface area (Å²) >= 11 is 7.79. The van der Waals surface area contributed by atoms with Gasteiger partial charge < -0.3 is 19.8 Å². The third kappa shape index (κ3) is 7.01. The molecule has 0 rings (SSSR count). The summed E-state index contributed by atoms with van der Waals surface area (Å²) < 4.78 is 90.3. The third-order valence-corrected chi connectivity index (χ3v) is 1.96. The molecule has 0 aromatic carbocycles. The van der Waals surface area contributed by atoms with E-state index in [-0.39, 0.29) is 23.1 Å². The molecule has 2 unspecified atom stereocenters. The molecule has 120 valence electrons. The normalized spacial score (nSPS) is 17.2. The van der Waals surface area contributed by atoms with Gasteiger partial charge in [-0.15, -0.1) is 0 Å². The number of carboxylic acids is 2. The predicted octanol–water partition coefficient (Wildman–Crippen LogP) is 0.0256. The van der Waals surface area contributed by atoms with Crippen LogP contribution in [-0.4, -0.2) is 57.6 Å². The minimum absolute atomic E-state index is 0. The van der Waals surface area contributed by atoms with E-state index in [2.05, 4.69) is 23.2 Å². The number of carbonyl (C=O) groups is 2. The van der Waals surface area contributed by atoms with E-state index in [1.807, 2.05) is 0 Å². The van der Waals surface area contributed by atoms with Crippen LogP contribution >= 0.6 is 23.2 Å². The summed E-state index contributed by atoms with van der Waals surface area (Å²) in [6.07, 6.45) is -11.3. The molecule has 0 N–H and O–H groups in total. The van der Waals surface area contributed by atoms with Gasteiger partial charge >= 0.3 is 45.7 Å². The van der Waals surface area contributed by atoms with Gasteiger partial charge in [-0.1, -0.05) is 23.2 Å². The van der Waals surface area contributed by atoms with Crippen LogP contribution < -0.4 is 10.2 Å². The molecule has 0 saturated carbocycles. The molecule has 0 saturated heterocycles. The second-order valence-corrected chi connectivity index (χ2v) is 3.76. The summed E-state index contributed by atoms with van der Waals surface area (Å²) in [5.74, 6) is -6.02. The number of rotatable bonds is 2. The van der Waals surface area contributed by atoms with E-state index in [4.69, 9.17) is 0 Å². The number of carboxylic acid groups (broad SMARTS) is 2. The zero-order valence-electron chi connectivity index (χ0n) is 9.12. The zero-order chi connectivity index (χ0) is 17.2. The van der Waals surface area contributed by atoms with E-state index in [9.17, 15) is 54.9 Å². The van der Waals surface area contributed by atoms with Crippen molar-refractivity contribution in [3.8, 4) is 0 Å². The monoisotopic (exact) mass is 382 g/mol. The van der Waals surface area contributed by atoms with Gasteiger partial charge in [0.2, 0.25) is 0 Å². The Labute approximate surface area is 136 Å². The Kier molecular flexibility index (Phi) is 9.57. The minimum Gasteiger partial charge on any atom is -0.545 e. The molecule has 15 heteroatoms. The average Bonchev–Trinajstić information content (AvgIpc) is 2.14. The Morgan fingerprint density at radius 3 is 0.810 bits per heavy atom. The van der Waals surface area contributed by atoms with E-state index in [0.717, 1.165) is 0 Å². The van der Waals surface area contributed by atoms with Gasteiger partial charge in [-0.25, -0.2) is 8.78 Å². The van der Waals surface area contributed by atoms with Gasteiger partial charge in [-0.05, 0) is 0 Å². The van der Waals surface area contributed by atoms with Gasteiger partial charge in [0, 0.05) is 0 Å². The van der Waals surface area contributed by atoms with Crippen LogP contribution in [-0.2, 0) is 9.59 Å². The number of halogens is 10. The molecule has 21 heavy (non-hydrogen) atoms. The molecule has 0 aliphatic rings. The molecule has 0 aromatic heterocycles. The van der Waals surface area contributed by atoms with Crippen LogP contribution in [0.5, 0.6) is 0 Å². The molecule has 4 nitrogen and oxygen atoms in total. The Hall–Kier alpha value is -0.274. The smallest absolute Gasteiger partial charge is 0.545 e. The van der Waals surface area contributed by atoms with E-state index in [1.54, 1.807) is 0 Å². The molecule has 0 aliphatic heterocycles. The van der Waals surface area contributed by atoms with Crippen molar-refractivity contribution in [1.82, 2.24) is 0 Å². The first kappa shape index (κ1) is 25.7. The van der Waals surface area contributed by atoms with Crippen molar-refractivity contribution in [1.29, 1.82) is 0 Å². The van der Waals surface area contributed by atoms with E-state index >= 15 is 0 Å². The zero-order valence-corrected chi connectivity index (χ0v) is 12.0. The Bertz CT molecular complexity index is 344. The maximum atomic E-state index is 11.7. The van der Waals surface area contributed by atoms with Crippen molar-refractivity contribution in [2.24, 2.45) is 0 Å². The van der Waals surface area contributed by atoms with Gasteiger partial charge in [0.05, 0.1) is 0 Å². The largest absolute Gasteiger partial charge is 2.00 e. The molecule has 0 aliphatic carbocycles. The molecule has 2 atom stereocenters. The molecule has 0 amide bonds. The predicted molar refractivity (Wildman–Crippen MR) is 47.3 cm³/mol. The Balaban J connectivity index is -0.000000295. The number of aliphatic carboxylic acids is 2. The number of carbonyl (C=O) groups excluding carboxylic acids is 2. The van der Waals surface area contributed by atoms with Crippen LogP contribution in [0.1, 0.15) is 0 Å². The Morgan fingerprint density at radius 1 is 0.667 bits per heavy atom. The standard InChI is InChI=1S/2C3HClF4O2.Mg/c2*4-2(5,1(9)10)3(6,7)8;/h2*(H,9,10);/q;;+2/p-2. The summed E-state index contributed by atoms with van der Waals surface area (Å²) in [7, 11) is 0. The minimum atomic E-state index is -5.65. The van der Waals surface area contributed by atoms with E-state index in [0.29, 0.717) is 0 Å². The summed E-state index contributed by atoms with van der Waals surface area (Å²) in [5.41, 5.74) is 0. The van der Waals surface area contributed by atoms with Crippen LogP contribution in [0.15, 0.2) is 0 Å². The molecule has 0 aromatic rings. The first-order valence-corrected chi connectivity index (χ1v) is 4.46. The van der Waals surface area contributed by atoms with Crippen molar-refractivity contribution in [3.05, 3.63) is 0 Å². The van der Waals surface area contributed by atoms with Crippen LogP contribution in [0.2, 0.25) is 0 Å². The molecular formula is C6Cl2F8MgO4. The van der Waals surface area contributed by atoms with Crippen molar-refractivity contribution in [2.45, 2.75) is 22.6 Å². The first-order chi connectivity index (χ1) is 8.39. The fraction of sp³-hybridized carbons (Fsp3) is 0.667. The molecule has 0 radical (unpaired) electrons. The number of alkyl halides is 10. The second kappa shape index (κ2) is 7.83. The van der Waals surface area contributed by atoms with Crippen molar-refractivity contribution in [2.75, 3.05) is 0 Å². The molecule has 0 spiro atoms. The van der Waals surface area contributed by atoms with E-state index < -0.39 is 34.5 Å². The van der Waals surface area contributed by atoms with Crippen LogP contribution in [0.4, 0.5) is 35.1 Å². The first-order valence-electron chi connectivity index (χ1n) is 3.71. The van der Waals surface area contributed by atoms with Crippen molar-refractivity contribution < 1.29 is 54.9 Å². The van der Waals surface area contributed by atoms with Gasteiger partial charge in [-0.2, -0.15) is 26.3 Å². The van der Waals surface area contributed by atoms with Crippen molar-refractivity contribution in [3.63, 3.8) is 0 Å². The average molecular weight is 383 g/mol. The number of hydrogen-bond donors (Lipinski definition) is 0. The van der Waals surface area contributed by atoms with Gasteiger partial charge in [0.25, 0.3) is 0 Å². The second-order valence-electron chi connectivity index (χ2n) is 2.72. The van der Waals surface area contributed by atoms with Gasteiger partial charge in [0.1, 0.15) is 11.9 Å². The SMILES string of the molecule is O=C([O-])C(F)(Cl)C(F)(F)F.O=C([O-])C(F)(Cl)C(F)(F)F.[Mg+2]. The van der Waals surface area contributed by atoms with Crippen LogP contribution in [0.3, 0.4) is 0 Å².